The third-order valence-corrected chi connectivity index (χ3v) is 3.40. The van der Waals surface area contributed by atoms with Gasteiger partial charge >= 0.3 is 0 Å². The lowest BCUT2D eigenvalue weighted by molar-refractivity contribution is -0.115. The van der Waals surface area contributed by atoms with Crippen molar-refractivity contribution in [1.29, 1.82) is 0 Å². The summed E-state index contributed by atoms with van der Waals surface area (Å²) < 4.78 is 17.9. The molecule has 0 aliphatic rings. The number of thioether (sulfide) groups is 1. The first-order valence-corrected chi connectivity index (χ1v) is 6.56. The number of methoxy groups -OCH3 is 1. The van der Waals surface area contributed by atoms with Crippen LogP contribution < -0.4 is 11.1 Å². The van der Waals surface area contributed by atoms with Gasteiger partial charge in [-0.05, 0) is 25.1 Å². The molecule has 0 saturated heterocycles. The highest BCUT2D eigenvalue weighted by Crippen LogP contribution is 2.18. The van der Waals surface area contributed by atoms with E-state index in [0.29, 0.717) is 12.3 Å². The molecule has 1 aromatic rings. The van der Waals surface area contributed by atoms with Crippen LogP contribution in [-0.2, 0) is 9.53 Å². The predicted octanol–water partition coefficient (Wildman–Crippen LogP) is 2.11. The van der Waals surface area contributed by atoms with Crippen LogP contribution >= 0.6 is 11.8 Å². The Morgan fingerprint density at radius 3 is 2.94 bits per heavy atom. The van der Waals surface area contributed by atoms with E-state index in [0.717, 1.165) is 5.75 Å². The van der Waals surface area contributed by atoms with E-state index in [1.807, 2.05) is 6.92 Å². The van der Waals surface area contributed by atoms with Crippen LogP contribution in [-0.4, -0.2) is 30.6 Å². The summed E-state index contributed by atoms with van der Waals surface area (Å²) in [6.07, 6.45) is 0. The smallest absolute Gasteiger partial charge is 0.237 e. The number of benzene rings is 1. The Morgan fingerprint density at radius 1 is 1.61 bits per heavy atom. The van der Waals surface area contributed by atoms with Crippen LogP contribution in [0, 0.1) is 5.82 Å². The minimum absolute atomic E-state index is 0.0208. The summed E-state index contributed by atoms with van der Waals surface area (Å²) in [5.41, 5.74) is 5.94. The van der Waals surface area contributed by atoms with Crippen molar-refractivity contribution >= 4 is 29.0 Å². The molecular weight excluding hydrogens is 255 g/mol. The van der Waals surface area contributed by atoms with Gasteiger partial charge in [-0.2, -0.15) is 0 Å². The minimum atomic E-state index is -0.490. The number of nitrogen functional groups attached to an aromatic ring is 1. The fourth-order valence-corrected chi connectivity index (χ4v) is 2.08. The highest BCUT2D eigenvalue weighted by molar-refractivity contribution is 8.00. The van der Waals surface area contributed by atoms with Gasteiger partial charge in [0.25, 0.3) is 0 Å². The standard InChI is InChI=1S/C12H17FN2O2S/c1-8(18-6-5-17-2)12(16)15-9-3-4-10(13)11(14)7-9/h3-4,7-8H,5-6,14H2,1-2H3,(H,15,16). The van der Waals surface area contributed by atoms with E-state index >= 15 is 0 Å². The first kappa shape index (κ1) is 14.8. The summed E-state index contributed by atoms with van der Waals surface area (Å²) in [5.74, 6) is 0.119. The van der Waals surface area contributed by atoms with Crippen LogP contribution in [0.4, 0.5) is 15.8 Å². The zero-order chi connectivity index (χ0) is 13.5. The third kappa shape index (κ3) is 4.54. The third-order valence-electron chi connectivity index (χ3n) is 2.29. The maximum Gasteiger partial charge on any atom is 0.237 e. The van der Waals surface area contributed by atoms with Gasteiger partial charge in [0, 0.05) is 18.6 Å². The van der Waals surface area contributed by atoms with Crippen LogP contribution in [0.25, 0.3) is 0 Å². The number of halogens is 1. The lowest BCUT2D eigenvalue weighted by Crippen LogP contribution is -2.23. The van der Waals surface area contributed by atoms with E-state index in [9.17, 15) is 9.18 Å². The summed E-state index contributed by atoms with van der Waals surface area (Å²) in [5, 5.41) is 2.49. The number of ether oxygens (including phenoxy) is 1. The molecule has 0 bridgehead atoms. The summed E-state index contributed by atoms with van der Waals surface area (Å²) >= 11 is 1.49. The number of anilines is 2. The van der Waals surface area contributed by atoms with Crippen LogP contribution in [0.5, 0.6) is 0 Å². The highest BCUT2D eigenvalue weighted by atomic mass is 32.2. The van der Waals surface area contributed by atoms with Crippen LogP contribution in [0.3, 0.4) is 0 Å². The van der Waals surface area contributed by atoms with E-state index in [2.05, 4.69) is 5.32 Å². The molecule has 0 spiro atoms. The summed E-state index contributed by atoms with van der Waals surface area (Å²) in [4.78, 5) is 11.8. The van der Waals surface area contributed by atoms with Gasteiger partial charge in [0.2, 0.25) is 5.91 Å². The fraction of sp³-hybridized carbons (Fsp3) is 0.417. The van der Waals surface area contributed by atoms with Gasteiger partial charge in [-0.25, -0.2) is 4.39 Å². The number of hydrogen-bond donors (Lipinski definition) is 2. The monoisotopic (exact) mass is 272 g/mol. The molecule has 0 saturated carbocycles. The maximum absolute atomic E-state index is 12.9. The summed E-state index contributed by atoms with van der Waals surface area (Å²) in [6.45, 7) is 2.41. The lowest BCUT2D eigenvalue weighted by Gasteiger charge is -2.12. The SMILES string of the molecule is COCCSC(C)C(=O)Nc1ccc(F)c(N)c1. The Kier molecular flexibility index (Phi) is 5.94. The van der Waals surface area contributed by atoms with E-state index in [1.165, 1.54) is 30.0 Å². The van der Waals surface area contributed by atoms with Gasteiger partial charge < -0.3 is 15.8 Å². The van der Waals surface area contributed by atoms with Crippen molar-refractivity contribution in [2.45, 2.75) is 12.2 Å². The molecule has 0 aromatic heterocycles. The van der Waals surface area contributed by atoms with Crippen LogP contribution in [0.2, 0.25) is 0 Å². The highest BCUT2D eigenvalue weighted by Gasteiger charge is 2.13. The second-order valence-corrected chi connectivity index (χ2v) is 5.18. The number of hydrogen-bond acceptors (Lipinski definition) is 4. The zero-order valence-electron chi connectivity index (χ0n) is 10.4. The van der Waals surface area contributed by atoms with Crippen LogP contribution in [0.15, 0.2) is 18.2 Å². The Morgan fingerprint density at radius 2 is 2.33 bits per heavy atom. The molecule has 0 radical (unpaired) electrons. The lowest BCUT2D eigenvalue weighted by atomic mass is 10.2. The molecule has 3 N–H and O–H groups in total. The molecule has 0 heterocycles. The Bertz CT molecular complexity index is 415. The van der Waals surface area contributed by atoms with Gasteiger partial charge in [-0.1, -0.05) is 0 Å². The number of rotatable bonds is 6. The predicted molar refractivity (Wildman–Crippen MR) is 73.2 cm³/mol. The zero-order valence-corrected chi connectivity index (χ0v) is 11.2. The number of nitrogens with one attached hydrogen (secondary N) is 1. The molecule has 0 aliphatic heterocycles. The minimum Gasteiger partial charge on any atom is -0.396 e. The van der Waals surface area contributed by atoms with Crippen molar-refractivity contribution in [3.63, 3.8) is 0 Å². The van der Waals surface area contributed by atoms with Crippen molar-refractivity contribution in [2.75, 3.05) is 30.5 Å². The molecule has 1 atom stereocenters. The van der Waals surface area contributed by atoms with Crippen LogP contribution in [0.1, 0.15) is 6.92 Å². The van der Waals surface area contributed by atoms with Gasteiger partial charge in [0.1, 0.15) is 5.82 Å². The van der Waals surface area contributed by atoms with Gasteiger partial charge in [0.15, 0.2) is 0 Å². The van der Waals surface area contributed by atoms with E-state index in [4.69, 9.17) is 10.5 Å². The molecule has 1 rings (SSSR count). The maximum atomic E-state index is 12.9. The van der Waals surface area contributed by atoms with Crippen molar-refractivity contribution in [3.05, 3.63) is 24.0 Å². The van der Waals surface area contributed by atoms with Crippen molar-refractivity contribution in [2.24, 2.45) is 0 Å². The molecule has 100 valence electrons. The molecule has 6 heteroatoms. The average molecular weight is 272 g/mol. The molecule has 0 aliphatic carbocycles. The quantitative estimate of drug-likeness (QED) is 0.615. The molecular formula is C12H17FN2O2S. The van der Waals surface area contributed by atoms with E-state index in [1.54, 1.807) is 7.11 Å². The summed E-state index contributed by atoms with van der Waals surface area (Å²) in [7, 11) is 1.62. The van der Waals surface area contributed by atoms with E-state index in [-0.39, 0.29) is 16.8 Å². The van der Waals surface area contributed by atoms with Crippen molar-refractivity contribution in [1.82, 2.24) is 0 Å². The van der Waals surface area contributed by atoms with Gasteiger partial charge in [-0.3, -0.25) is 4.79 Å². The fourth-order valence-electron chi connectivity index (χ4n) is 1.25. The number of carbonyl (C=O) groups is 1. The first-order chi connectivity index (χ1) is 8.54. The number of carbonyl (C=O) groups excluding carboxylic acids is 1. The first-order valence-electron chi connectivity index (χ1n) is 5.51. The Balaban J connectivity index is 2.50. The number of amides is 1. The normalized spacial score (nSPS) is 12.2. The Labute approximate surface area is 110 Å². The number of nitrogens with two attached hydrogens (primary N) is 1. The molecule has 18 heavy (non-hydrogen) atoms. The van der Waals surface area contributed by atoms with Gasteiger partial charge in [0.05, 0.1) is 17.5 Å². The largest absolute Gasteiger partial charge is 0.396 e. The second-order valence-electron chi connectivity index (χ2n) is 3.73. The Hall–Kier alpha value is -1.27. The van der Waals surface area contributed by atoms with Crippen molar-refractivity contribution < 1.29 is 13.9 Å². The van der Waals surface area contributed by atoms with Gasteiger partial charge in [-0.15, -0.1) is 11.8 Å². The summed E-state index contributed by atoms with van der Waals surface area (Å²) in [6, 6.07) is 4.11. The topological polar surface area (TPSA) is 64.3 Å². The molecule has 4 nitrogen and oxygen atoms in total. The average Bonchev–Trinajstić information content (AvgIpc) is 2.34. The molecule has 1 unspecified atom stereocenters. The molecule has 1 aromatic carbocycles. The second kappa shape index (κ2) is 7.23. The molecule has 1 amide bonds. The van der Waals surface area contributed by atoms with E-state index < -0.39 is 5.82 Å². The molecule has 0 fully saturated rings. The van der Waals surface area contributed by atoms with Crippen molar-refractivity contribution in [3.8, 4) is 0 Å².